The fraction of sp³-hybridized carbons (Fsp3) is 0.0833. The molecule has 90 valence electrons. The third-order valence-corrected chi connectivity index (χ3v) is 2.75. The van der Waals surface area contributed by atoms with Gasteiger partial charge in [0.2, 0.25) is 5.43 Å². The number of benzene rings is 1. The molecule has 0 spiro atoms. The smallest absolute Gasteiger partial charge is 0.204 e. The Morgan fingerprint density at radius 2 is 2.17 bits per heavy atom. The summed E-state index contributed by atoms with van der Waals surface area (Å²) in [5.74, 6) is 0.0331. The van der Waals surface area contributed by atoms with Crippen LogP contribution in [0.2, 0.25) is 5.02 Å². The molecule has 1 aromatic carbocycles. The average molecular weight is 280 g/mol. The Balaban J connectivity index is 2.59. The van der Waals surface area contributed by atoms with Gasteiger partial charge >= 0.3 is 0 Å². The first-order chi connectivity index (χ1) is 8.63. The maximum atomic E-state index is 11.4. The summed E-state index contributed by atoms with van der Waals surface area (Å²) in [7, 11) is 0. The van der Waals surface area contributed by atoms with Gasteiger partial charge in [-0.3, -0.25) is 4.79 Å². The van der Waals surface area contributed by atoms with E-state index in [9.17, 15) is 4.79 Å². The number of halogens is 2. The molecule has 6 heteroatoms. The van der Waals surface area contributed by atoms with Crippen molar-refractivity contribution in [1.82, 2.24) is 9.78 Å². The fourth-order valence-electron chi connectivity index (χ4n) is 1.45. The second-order valence-corrected chi connectivity index (χ2v) is 4.22. The van der Waals surface area contributed by atoms with Crippen molar-refractivity contribution in [3.8, 4) is 11.8 Å². The Kier molecular flexibility index (Phi) is 3.66. The van der Waals surface area contributed by atoms with Gasteiger partial charge in [-0.25, -0.2) is 4.68 Å². The molecule has 1 aromatic heterocycles. The summed E-state index contributed by atoms with van der Waals surface area (Å²) in [5, 5.41) is 13.4. The minimum Gasteiger partial charge on any atom is -0.288 e. The van der Waals surface area contributed by atoms with Crippen LogP contribution >= 0.6 is 23.2 Å². The zero-order valence-corrected chi connectivity index (χ0v) is 10.6. The van der Waals surface area contributed by atoms with Gasteiger partial charge in [-0.15, -0.1) is 11.6 Å². The first kappa shape index (κ1) is 12.6. The van der Waals surface area contributed by atoms with Crippen molar-refractivity contribution in [3.63, 3.8) is 0 Å². The van der Waals surface area contributed by atoms with Gasteiger partial charge in [0.05, 0.1) is 23.2 Å². The molecule has 0 bridgehead atoms. The van der Waals surface area contributed by atoms with E-state index in [0.717, 1.165) is 0 Å². The highest BCUT2D eigenvalue weighted by atomic mass is 35.5. The third-order valence-electron chi connectivity index (χ3n) is 2.28. The standard InChI is InChI=1S/C12H7Cl2N3O/c13-6-11-12(18)1-2-17(16-11)10-4-8(7-15)3-9(14)5-10/h1-5H,6H2. The molecule has 0 saturated carbocycles. The van der Waals surface area contributed by atoms with Crippen molar-refractivity contribution in [3.05, 3.63) is 57.0 Å². The van der Waals surface area contributed by atoms with E-state index in [0.29, 0.717) is 16.3 Å². The van der Waals surface area contributed by atoms with Gasteiger partial charge < -0.3 is 0 Å². The van der Waals surface area contributed by atoms with Gasteiger partial charge in [0, 0.05) is 17.3 Å². The molecule has 18 heavy (non-hydrogen) atoms. The molecule has 0 radical (unpaired) electrons. The number of hydrogen-bond donors (Lipinski definition) is 0. The molecule has 0 N–H and O–H groups in total. The Morgan fingerprint density at radius 1 is 1.39 bits per heavy atom. The SMILES string of the molecule is N#Cc1cc(Cl)cc(-n2ccc(=O)c(CCl)n2)c1. The van der Waals surface area contributed by atoms with Gasteiger partial charge in [0.15, 0.2) is 0 Å². The van der Waals surface area contributed by atoms with Crippen LogP contribution < -0.4 is 5.43 Å². The summed E-state index contributed by atoms with van der Waals surface area (Å²) in [5.41, 5.74) is 1.05. The maximum absolute atomic E-state index is 11.4. The van der Waals surface area contributed by atoms with Crippen LogP contribution in [0, 0.1) is 11.3 Å². The highest BCUT2D eigenvalue weighted by Crippen LogP contribution is 2.17. The Bertz CT molecular complexity index is 688. The fourth-order valence-corrected chi connectivity index (χ4v) is 1.87. The normalized spacial score (nSPS) is 10.1. The topological polar surface area (TPSA) is 58.7 Å². The van der Waals surface area contributed by atoms with Crippen molar-refractivity contribution >= 4 is 23.2 Å². The van der Waals surface area contributed by atoms with Crippen molar-refractivity contribution < 1.29 is 0 Å². The molecule has 0 amide bonds. The predicted octanol–water partition coefficient (Wildman–Crippen LogP) is 2.50. The van der Waals surface area contributed by atoms with Crippen LogP contribution in [0.3, 0.4) is 0 Å². The van der Waals surface area contributed by atoms with E-state index in [4.69, 9.17) is 28.5 Å². The molecule has 2 aromatic rings. The molecule has 0 atom stereocenters. The van der Waals surface area contributed by atoms with E-state index >= 15 is 0 Å². The molecular formula is C12H7Cl2N3O. The minimum atomic E-state index is -0.219. The molecule has 0 aliphatic heterocycles. The number of nitriles is 1. The van der Waals surface area contributed by atoms with Crippen LogP contribution in [0.1, 0.15) is 11.3 Å². The number of rotatable bonds is 2. The third kappa shape index (κ3) is 2.53. The molecule has 0 saturated heterocycles. The van der Waals surface area contributed by atoms with E-state index in [1.54, 1.807) is 18.2 Å². The van der Waals surface area contributed by atoms with Gasteiger partial charge in [-0.2, -0.15) is 10.4 Å². The van der Waals surface area contributed by atoms with Crippen molar-refractivity contribution in [1.29, 1.82) is 5.26 Å². The lowest BCUT2D eigenvalue weighted by Gasteiger charge is -2.07. The van der Waals surface area contributed by atoms with Crippen molar-refractivity contribution in [2.75, 3.05) is 0 Å². The summed E-state index contributed by atoms with van der Waals surface area (Å²) < 4.78 is 1.46. The summed E-state index contributed by atoms with van der Waals surface area (Å²) in [6, 6.07) is 8.21. The van der Waals surface area contributed by atoms with Crippen molar-refractivity contribution in [2.24, 2.45) is 0 Å². The predicted molar refractivity (Wildman–Crippen MR) is 69.1 cm³/mol. The summed E-state index contributed by atoms with van der Waals surface area (Å²) in [6.45, 7) is 0. The minimum absolute atomic E-state index is 0.0331. The summed E-state index contributed by atoms with van der Waals surface area (Å²) >= 11 is 11.5. The van der Waals surface area contributed by atoms with Crippen LogP contribution in [-0.2, 0) is 5.88 Å². The molecule has 0 aliphatic rings. The largest absolute Gasteiger partial charge is 0.288 e. The quantitative estimate of drug-likeness (QED) is 0.794. The van der Waals surface area contributed by atoms with Gasteiger partial charge in [-0.1, -0.05) is 11.6 Å². The molecule has 1 heterocycles. The molecule has 2 rings (SSSR count). The lowest BCUT2D eigenvalue weighted by molar-refractivity contribution is 0.804. The number of alkyl halides is 1. The lowest BCUT2D eigenvalue weighted by Crippen LogP contribution is -2.14. The molecule has 0 unspecified atom stereocenters. The van der Waals surface area contributed by atoms with E-state index in [2.05, 4.69) is 5.10 Å². The van der Waals surface area contributed by atoms with E-state index < -0.39 is 0 Å². The molecular weight excluding hydrogens is 273 g/mol. The zero-order chi connectivity index (χ0) is 13.1. The number of aromatic nitrogens is 2. The van der Waals surface area contributed by atoms with Gasteiger partial charge in [0.25, 0.3) is 0 Å². The van der Waals surface area contributed by atoms with Gasteiger partial charge in [0.1, 0.15) is 5.69 Å². The first-order valence-electron chi connectivity index (χ1n) is 5.00. The zero-order valence-electron chi connectivity index (χ0n) is 9.10. The second-order valence-electron chi connectivity index (χ2n) is 3.51. The Labute approximate surface area is 113 Å². The highest BCUT2D eigenvalue weighted by molar-refractivity contribution is 6.30. The van der Waals surface area contributed by atoms with Crippen LogP contribution in [-0.4, -0.2) is 9.78 Å². The Hall–Kier alpha value is -1.83. The molecule has 4 nitrogen and oxygen atoms in total. The highest BCUT2D eigenvalue weighted by Gasteiger charge is 2.05. The van der Waals surface area contributed by atoms with Crippen LogP contribution in [0.4, 0.5) is 0 Å². The second kappa shape index (κ2) is 5.21. The number of nitrogens with zero attached hydrogens (tertiary/aromatic N) is 3. The van der Waals surface area contributed by atoms with E-state index in [1.165, 1.54) is 16.9 Å². The maximum Gasteiger partial charge on any atom is 0.204 e. The molecule has 0 aliphatic carbocycles. The van der Waals surface area contributed by atoms with Crippen molar-refractivity contribution in [2.45, 2.75) is 5.88 Å². The lowest BCUT2D eigenvalue weighted by atomic mass is 10.2. The number of hydrogen-bond acceptors (Lipinski definition) is 3. The van der Waals surface area contributed by atoms with Crippen LogP contribution in [0.5, 0.6) is 0 Å². The van der Waals surface area contributed by atoms with E-state index in [1.807, 2.05) is 6.07 Å². The van der Waals surface area contributed by atoms with Crippen LogP contribution in [0.15, 0.2) is 35.3 Å². The summed E-state index contributed by atoms with van der Waals surface area (Å²) in [4.78, 5) is 11.4. The monoisotopic (exact) mass is 279 g/mol. The van der Waals surface area contributed by atoms with Gasteiger partial charge in [-0.05, 0) is 18.2 Å². The average Bonchev–Trinajstić information content (AvgIpc) is 2.38. The summed E-state index contributed by atoms with van der Waals surface area (Å²) in [6.07, 6.45) is 1.51. The first-order valence-corrected chi connectivity index (χ1v) is 5.91. The van der Waals surface area contributed by atoms with Crippen LogP contribution in [0.25, 0.3) is 5.69 Å². The van der Waals surface area contributed by atoms with E-state index in [-0.39, 0.29) is 17.0 Å². The molecule has 0 fully saturated rings. The Morgan fingerprint density at radius 3 is 2.83 bits per heavy atom.